The predicted octanol–water partition coefficient (Wildman–Crippen LogP) is 0.942. The number of carbonyl (C=O) groups excluding carboxylic acids is 2. The number of imide groups is 1. The molecule has 0 saturated heterocycles. The molecule has 4 nitrogen and oxygen atoms in total. The van der Waals surface area contributed by atoms with Gasteiger partial charge in [-0.15, -0.1) is 0 Å². The van der Waals surface area contributed by atoms with Crippen LogP contribution in [0.5, 0.6) is 0 Å². The Morgan fingerprint density at radius 1 is 1.18 bits per heavy atom. The third-order valence-electron chi connectivity index (χ3n) is 2.46. The number of benzene rings is 1. The lowest BCUT2D eigenvalue weighted by atomic mass is 10.1. The Bertz CT molecular complexity index is 473. The van der Waals surface area contributed by atoms with E-state index >= 15 is 0 Å². The van der Waals surface area contributed by atoms with Gasteiger partial charge in [-0.1, -0.05) is 0 Å². The Kier molecular flexibility index (Phi) is 2.66. The van der Waals surface area contributed by atoms with Gasteiger partial charge in [0.05, 0.1) is 23.8 Å². The highest BCUT2D eigenvalue weighted by molar-refractivity contribution is 6.21. The lowest BCUT2D eigenvalue weighted by molar-refractivity contribution is 0.0563. The van der Waals surface area contributed by atoms with Gasteiger partial charge in [0.1, 0.15) is 0 Å². The van der Waals surface area contributed by atoms with Crippen molar-refractivity contribution < 1.29 is 23.5 Å². The van der Waals surface area contributed by atoms with E-state index in [2.05, 4.69) is 0 Å². The second-order valence-corrected chi connectivity index (χ2v) is 3.88. The third-order valence-corrected chi connectivity index (χ3v) is 2.46. The summed E-state index contributed by atoms with van der Waals surface area (Å²) in [5.41, 5.74) is -0.343. The van der Waals surface area contributed by atoms with Gasteiger partial charge in [0.25, 0.3) is 11.8 Å². The van der Waals surface area contributed by atoms with Crippen molar-refractivity contribution in [2.24, 2.45) is 0 Å². The molecule has 0 aromatic heterocycles. The number of rotatable bonds is 2. The molecule has 1 aromatic rings. The lowest BCUT2D eigenvalue weighted by Gasteiger charge is -2.15. The summed E-state index contributed by atoms with van der Waals surface area (Å²) < 4.78 is 25.9. The van der Waals surface area contributed by atoms with Crippen LogP contribution in [-0.4, -0.2) is 34.5 Å². The molecular formula is C11H9F2NO3. The van der Waals surface area contributed by atoms with Gasteiger partial charge in [-0.05, 0) is 19.1 Å². The smallest absolute Gasteiger partial charge is 0.261 e. The molecule has 0 spiro atoms. The molecular weight excluding hydrogens is 232 g/mol. The number of fused-ring (bicyclic) bond motifs is 1. The van der Waals surface area contributed by atoms with Crippen LogP contribution in [0, 0.1) is 11.6 Å². The van der Waals surface area contributed by atoms with Gasteiger partial charge in [-0.2, -0.15) is 0 Å². The Morgan fingerprint density at radius 3 is 1.94 bits per heavy atom. The van der Waals surface area contributed by atoms with Gasteiger partial charge in [0.15, 0.2) is 11.6 Å². The van der Waals surface area contributed by atoms with E-state index in [-0.39, 0.29) is 17.7 Å². The van der Waals surface area contributed by atoms with E-state index in [0.29, 0.717) is 12.1 Å². The van der Waals surface area contributed by atoms with Crippen LogP contribution < -0.4 is 0 Å². The zero-order chi connectivity index (χ0) is 12.7. The van der Waals surface area contributed by atoms with Crippen LogP contribution in [0.3, 0.4) is 0 Å². The molecule has 1 atom stereocenters. The Hall–Kier alpha value is -1.82. The normalized spacial score (nSPS) is 16.4. The fraction of sp³-hybridized carbons (Fsp3) is 0.273. The molecule has 1 heterocycles. The Morgan fingerprint density at radius 2 is 1.59 bits per heavy atom. The zero-order valence-corrected chi connectivity index (χ0v) is 8.91. The van der Waals surface area contributed by atoms with Crippen LogP contribution in [0.4, 0.5) is 8.78 Å². The van der Waals surface area contributed by atoms with E-state index < -0.39 is 29.6 Å². The zero-order valence-electron chi connectivity index (χ0n) is 8.91. The monoisotopic (exact) mass is 241 g/mol. The van der Waals surface area contributed by atoms with Crippen LogP contribution in [0.1, 0.15) is 27.6 Å². The summed E-state index contributed by atoms with van der Waals surface area (Å²) in [4.78, 5) is 24.2. The highest BCUT2D eigenvalue weighted by Crippen LogP contribution is 2.25. The van der Waals surface area contributed by atoms with Gasteiger partial charge in [0.2, 0.25) is 0 Å². The van der Waals surface area contributed by atoms with Crippen LogP contribution in [0.2, 0.25) is 0 Å². The van der Waals surface area contributed by atoms with E-state index in [4.69, 9.17) is 5.11 Å². The number of carbonyl (C=O) groups is 2. The highest BCUT2D eigenvalue weighted by atomic mass is 19.2. The summed E-state index contributed by atoms with van der Waals surface area (Å²) >= 11 is 0. The van der Waals surface area contributed by atoms with E-state index in [1.54, 1.807) is 0 Å². The molecule has 0 radical (unpaired) electrons. The van der Waals surface area contributed by atoms with Crippen LogP contribution in [-0.2, 0) is 0 Å². The molecule has 1 N–H and O–H groups in total. The van der Waals surface area contributed by atoms with E-state index in [9.17, 15) is 18.4 Å². The largest absolute Gasteiger partial charge is 0.392 e. The molecule has 1 aromatic carbocycles. The van der Waals surface area contributed by atoms with Crippen LogP contribution >= 0.6 is 0 Å². The van der Waals surface area contributed by atoms with Crippen molar-refractivity contribution in [1.82, 2.24) is 4.90 Å². The van der Waals surface area contributed by atoms with Crippen molar-refractivity contribution >= 4 is 11.8 Å². The topological polar surface area (TPSA) is 57.6 Å². The molecule has 17 heavy (non-hydrogen) atoms. The predicted molar refractivity (Wildman–Crippen MR) is 53.4 cm³/mol. The van der Waals surface area contributed by atoms with Crippen molar-refractivity contribution in [2.45, 2.75) is 13.0 Å². The molecule has 1 aliphatic rings. The second-order valence-electron chi connectivity index (χ2n) is 3.88. The van der Waals surface area contributed by atoms with E-state index in [0.717, 1.165) is 4.90 Å². The number of aliphatic hydroxyl groups excluding tert-OH is 1. The Labute approximate surface area is 95.5 Å². The first-order chi connectivity index (χ1) is 7.91. The fourth-order valence-corrected chi connectivity index (χ4v) is 1.71. The number of β-amino-alcohol motifs (C(OH)–C–C–N with tert-alkyl or cyclic N) is 1. The number of hydrogen-bond donors (Lipinski definition) is 1. The molecule has 0 aliphatic carbocycles. The highest BCUT2D eigenvalue weighted by Gasteiger charge is 2.37. The fourth-order valence-electron chi connectivity index (χ4n) is 1.71. The molecule has 6 heteroatoms. The molecule has 90 valence electrons. The molecule has 2 amide bonds. The number of hydrogen-bond acceptors (Lipinski definition) is 3. The quantitative estimate of drug-likeness (QED) is 0.784. The molecule has 0 bridgehead atoms. The lowest BCUT2D eigenvalue weighted by Crippen LogP contribution is -2.35. The minimum absolute atomic E-state index is 0.172. The molecule has 2 rings (SSSR count). The van der Waals surface area contributed by atoms with Gasteiger partial charge in [-0.25, -0.2) is 8.78 Å². The minimum atomic E-state index is -1.18. The van der Waals surface area contributed by atoms with Crippen LogP contribution in [0.25, 0.3) is 0 Å². The first kappa shape index (κ1) is 11.7. The molecule has 0 fully saturated rings. The number of amides is 2. The van der Waals surface area contributed by atoms with Crippen molar-refractivity contribution in [3.05, 3.63) is 34.9 Å². The number of halogens is 2. The Balaban J connectivity index is 2.46. The van der Waals surface area contributed by atoms with Crippen molar-refractivity contribution in [3.63, 3.8) is 0 Å². The summed E-state index contributed by atoms with van der Waals surface area (Å²) in [5.74, 6) is -3.79. The summed E-state index contributed by atoms with van der Waals surface area (Å²) in [6, 6.07) is 1.40. The van der Waals surface area contributed by atoms with Crippen molar-refractivity contribution in [2.75, 3.05) is 6.54 Å². The first-order valence-electron chi connectivity index (χ1n) is 4.95. The van der Waals surface area contributed by atoms with E-state index in [1.165, 1.54) is 6.92 Å². The maximum Gasteiger partial charge on any atom is 0.261 e. The molecule has 1 aliphatic heterocycles. The first-order valence-corrected chi connectivity index (χ1v) is 4.95. The summed E-state index contributed by atoms with van der Waals surface area (Å²) in [7, 11) is 0. The number of aliphatic hydroxyl groups is 1. The molecule has 1 unspecified atom stereocenters. The average molecular weight is 241 g/mol. The van der Waals surface area contributed by atoms with Gasteiger partial charge >= 0.3 is 0 Å². The van der Waals surface area contributed by atoms with Crippen molar-refractivity contribution in [1.29, 1.82) is 0 Å². The van der Waals surface area contributed by atoms with Gasteiger partial charge in [-0.3, -0.25) is 14.5 Å². The third kappa shape index (κ3) is 1.80. The standard InChI is InChI=1S/C11H9F2NO3/c1-5(15)4-14-10(16)6-2-8(12)9(13)3-7(6)11(14)17/h2-3,5,15H,4H2,1H3. The van der Waals surface area contributed by atoms with E-state index in [1.807, 2.05) is 0 Å². The summed E-state index contributed by atoms with van der Waals surface area (Å²) in [5, 5.41) is 9.14. The maximum absolute atomic E-state index is 13.0. The van der Waals surface area contributed by atoms with Gasteiger partial charge < -0.3 is 5.11 Å². The summed E-state index contributed by atoms with van der Waals surface area (Å²) in [6.45, 7) is 1.21. The second kappa shape index (κ2) is 3.89. The maximum atomic E-state index is 13.0. The minimum Gasteiger partial charge on any atom is -0.392 e. The van der Waals surface area contributed by atoms with Crippen molar-refractivity contribution in [3.8, 4) is 0 Å². The van der Waals surface area contributed by atoms with Crippen LogP contribution in [0.15, 0.2) is 12.1 Å². The summed E-state index contributed by atoms with van der Waals surface area (Å²) in [6.07, 6.45) is -0.896. The molecule has 0 saturated carbocycles. The van der Waals surface area contributed by atoms with Gasteiger partial charge in [0, 0.05) is 0 Å². The number of nitrogens with zero attached hydrogens (tertiary/aromatic N) is 1. The average Bonchev–Trinajstić information content (AvgIpc) is 2.45. The SMILES string of the molecule is CC(O)CN1C(=O)c2cc(F)c(F)cc2C1=O.